The van der Waals surface area contributed by atoms with Gasteiger partial charge in [0.1, 0.15) is 0 Å². The zero-order chi connectivity index (χ0) is 10.9. The van der Waals surface area contributed by atoms with Crippen molar-refractivity contribution in [2.24, 2.45) is 0 Å². The average Bonchev–Trinajstić information content (AvgIpc) is 2.34. The third kappa shape index (κ3) is 4.78. The van der Waals surface area contributed by atoms with Crippen LogP contribution in [0.4, 0.5) is 0 Å². The summed E-state index contributed by atoms with van der Waals surface area (Å²) in [4.78, 5) is 0. The SMILES string of the molecule is [C-]#N.[Ru+].c1ccc([CH-]c2ccccc2)cc1. The van der Waals surface area contributed by atoms with E-state index in [0.717, 1.165) is 0 Å². The van der Waals surface area contributed by atoms with Gasteiger partial charge in [0.2, 0.25) is 0 Å². The van der Waals surface area contributed by atoms with Crippen molar-refractivity contribution < 1.29 is 19.5 Å². The largest absolute Gasteiger partial charge is 1.00 e. The van der Waals surface area contributed by atoms with E-state index in [2.05, 4.69) is 55.0 Å². The van der Waals surface area contributed by atoms with Crippen molar-refractivity contribution in [2.45, 2.75) is 0 Å². The maximum absolute atomic E-state index is 6.25. The molecular formula is C14H11NRu-. The zero-order valence-corrected chi connectivity index (χ0v) is 10.4. The van der Waals surface area contributed by atoms with Gasteiger partial charge in [-0.05, 0) is 0 Å². The molecule has 0 N–H and O–H groups in total. The molecule has 0 amide bonds. The smallest absolute Gasteiger partial charge is 0.512 e. The first kappa shape index (κ1) is 14.4. The fourth-order valence-electron chi connectivity index (χ4n) is 1.29. The zero-order valence-electron chi connectivity index (χ0n) is 8.65. The summed E-state index contributed by atoms with van der Waals surface area (Å²) < 4.78 is 0. The van der Waals surface area contributed by atoms with E-state index in [4.69, 9.17) is 11.8 Å². The second-order valence-electron chi connectivity index (χ2n) is 2.97. The Morgan fingerprint density at radius 3 is 1.31 bits per heavy atom. The molecule has 0 fully saturated rings. The molecule has 0 spiro atoms. The molecule has 16 heavy (non-hydrogen) atoms. The molecule has 0 aromatic heterocycles. The Hall–Kier alpha value is -1.58. The van der Waals surface area contributed by atoms with Crippen LogP contribution in [0, 0.1) is 18.3 Å². The van der Waals surface area contributed by atoms with Gasteiger partial charge in [-0.25, -0.2) is 0 Å². The number of nitrogens with zero attached hydrogens (tertiary/aromatic N) is 1. The maximum Gasteiger partial charge on any atom is 1.00 e. The first-order chi connectivity index (χ1) is 7.45. The first-order valence-electron chi connectivity index (χ1n) is 4.62. The minimum absolute atomic E-state index is 0. The van der Waals surface area contributed by atoms with Crippen LogP contribution >= 0.6 is 0 Å². The minimum atomic E-state index is 0. The summed E-state index contributed by atoms with van der Waals surface area (Å²) in [6.07, 6.45) is 2.17. The van der Waals surface area contributed by atoms with Crippen LogP contribution in [-0.2, 0) is 19.5 Å². The van der Waals surface area contributed by atoms with Gasteiger partial charge in [-0.3, -0.25) is 0 Å². The van der Waals surface area contributed by atoms with Crippen molar-refractivity contribution in [3.8, 4) is 0 Å². The fourth-order valence-corrected chi connectivity index (χ4v) is 1.29. The minimum Gasteiger partial charge on any atom is -0.512 e. The maximum atomic E-state index is 6.25. The molecule has 0 aliphatic heterocycles. The van der Waals surface area contributed by atoms with Crippen LogP contribution in [0.15, 0.2) is 60.7 Å². The second kappa shape index (κ2) is 8.71. The molecule has 1 nitrogen and oxygen atoms in total. The van der Waals surface area contributed by atoms with Crippen LogP contribution in [-0.4, -0.2) is 0 Å². The van der Waals surface area contributed by atoms with Crippen LogP contribution in [0.2, 0.25) is 0 Å². The van der Waals surface area contributed by atoms with E-state index in [9.17, 15) is 0 Å². The molecule has 0 unspecified atom stereocenters. The van der Waals surface area contributed by atoms with Gasteiger partial charge in [-0.15, -0.1) is 41.8 Å². The van der Waals surface area contributed by atoms with Crippen molar-refractivity contribution in [2.75, 3.05) is 0 Å². The summed E-state index contributed by atoms with van der Waals surface area (Å²) in [5.41, 5.74) is 2.49. The Labute approximate surface area is 110 Å². The van der Waals surface area contributed by atoms with Gasteiger partial charge in [0.05, 0.1) is 0 Å². The van der Waals surface area contributed by atoms with Gasteiger partial charge in [0, 0.05) is 0 Å². The Bertz CT molecular complexity index is 357. The van der Waals surface area contributed by atoms with Gasteiger partial charge >= 0.3 is 19.5 Å². The van der Waals surface area contributed by atoms with Crippen LogP contribution in [0.3, 0.4) is 0 Å². The number of hydrogen-bond acceptors (Lipinski definition) is 1. The van der Waals surface area contributed by atoms with E-state index >= 15 is 0 Å². The topological polar surface area (TPSA) is 23.8 Å². The number of benzene rings is 2. The Balaban J connectivity index is 0.000000711. The molecule has 0 saturated heterocycles. The van der Waals surface area contributed by atoms with E-state index < -0.39 is 0 Å². The molecule has 0 heterocycles. The van der Waals surface area contributed by atoms with E-state index in [1.165, 1.54) is 11.1 Å². The summed E-state index contributed by atoms with van der Waals surface area (Å²) in [5.74, 6) is 0. The van der Waals surface area contributed by atoms with E-state index in [0.29, 0.717) is 0 Å². The molecule has 0 bridgehead atoms. The average molecular weight is 294 g/mol. The van der Waals surface area contributed by atoms with Crippen molar-refractivity contribution in [1.29, 1.82) is 5.26 Å². The molecule has 0 aliphatic carbocycles. The standard InChI is InChI=1S/C13H11.CN.Ru/c1-3-7-12(8-4-1)11-13-9-5-2-6-10-13;1-2;/h1-11H;;/q2*-1;+1. The molecule has 2 heteroatoms. The number of hydrogen-bond donors (Lipinski definition) is 0. The molecule has 2 aromatic carbocycles. The molecular weight excluding hydrogens is 283 g/mol. The van der Waals surface area contributed by atoms with E-state index in [1.54, 1.807) is 0 Å². The Morgan fingerprint density at radius 2 is 1.00 bits per heavy atom. The molecule has 0 saturated carbocycles. The van der Waals surface area contributed by atoms with Crippen molar-refractivity contribution in [3.63, 3.8) is 0 Å². The van der Waals surface area contributed by atoms with E-state index in [1.807, 2.05) is 12.1 Å². The molecule has 0 aliphatic rings. The van der Waals surface area contributed by atoms with Crippen molar-refractivity contribution in [3.05, 3.63) is 84.8 Å². The quantitative estimate of drug-likeness (QED) is 0.615. The summed E-state index contributed by atoms with van der Waals surface area (Å²) in [6, 6.07) is 20.7. The number of rotatable bonds is 2. The predicted molar refractivity (Wildman–Crippen MR) is 60.4 cm³/mol. The summed E-state index contributed by atoms with van der Waals surface area (Å²) in [7, 11) is 0. The van der Waals surface area contributed by atoms with Gasteiger partial charge in [-0.1, -0.05) is 36.4 Å². The van der Waals surface area contributed by atoms with Crippen LogP contribution in [0.5, 0.6) is 0 Å². The normalized spacial score (nSPS) is 7.88. The van der Waals surface area contributed by atoms with Gasteiger partial charge in [-0.2, -0.15) is 0 Å². The summed E-state index contributed by atoms with van der Waals surface area (Å²) in [6.45, 7) is 4.75. The molecule has 2 rings (SSSR count). The molecule has 1 radical (unpaired) electrons. The monoisotopic (exact) mass is 295 g/mol. The first-order valence-corrected chi connectivity index (χ1v) is 4.62. The molecule has 2 aromatic rings. The van der Waals surface area contributed by atoms with Gasteiger partial charge in [0.25, 0.3) is 0 Å². The van der Waals surface area contributed by atoms with Crippen molar-refractivity contribution >= 4 is 0 Å². The van der Waals surface area contributed by atoms with Crippen molar-refractivity contribution in [1.82, 2.24) is 0 Å². The molecule has 81 valence electrons. The second-order valence-corrected chi connectivity index (χ2v) is 2.97. The third-order valence-electron chi connectivity index (χ3n) is 1.93. The van der Waals surface area contributed by atoms with Gasteiger partial charge < -0.3 is 11.8 Å². The predicted octanol–water partition coefficient (Wildman–Crippen LogP) is 3.38. The van der Waals surface area contributed by atoms with Gasteiger partial charge in [0.15, 0.2) is 0 Å². The Morgan fingerprint density at radius 1 is 0.688 bits per heavy atom. The third-order valence-corrected chi connectivity index (χ3v) is 1.93. The fraction of sp³-hybridized carbons (Fsp3) is 0. The summed E-state index contributed by atoms with van der Waals surface area (Å²) in [5, 5.41) is 6.25. The molecule has 0 atom stereocenters. The van der Waals surface area contributed by atoms with E-state index in [-0.39, 0.29) is 19.5 Å². The van der Waals surface area contributed by atoms with Crippen LogP contribution in [0.1, 0.15) is 11.1 Å². The summed E-state index contributed by atoms with van der Waals surface area (Å²) >= 11 is 0. The Kier molecular flexibility index (Phi) is 7.85. The van der Waals surface area contributed by atoms with Crippen LogP contribution in [0.25, 0.3) is 0 Å². The van der Waals surface area contributed by atoms with Crippen LogP contribution < -0.4 is 0 Å².